The topological polar surface area (TPSA) is 43.8 Å². The van der Waals surface area contributed by atoms with Gasteiger partial charge in [-0.2, -0.15) is 0 Å². The van der Waals surface area contributed by atoms with E-state index in [1.807, 2.05) is 28.8 Å². The van der Waals surface area contributed by atoms with Gasteiger partial charge >= 0.3 is 0 Å². The maximum atomic E-state index is 5.81. The monoisotopic (exact) mass is 257 g/mol. The Hall–Kier alpha value is -1.03. The lowest BCUT2D eigenvalue weighted by Gasteiger charge is -2.06. The minimum absolute atomic E-state index is 0. The van der Waals surface area contributed by atoms with Gasteiger partial charge in [-0.3, -0.25) is 0 Å². The molecule has 0 saturated carbocycles. The maximum absolute atomic E-state index is 5.81. The number of aromatic nitrogens is 2. The second kappa shape index (κ2) is 5.89. The first-order chi connectivity index (χ1) is 7.29. The van der Waals surface area contributed by atoms with Gasteiger partial charge in [-0.1, -0.05) is 23.7 Å². The van der Waals surface area contributed by atoms with Gasteiger partial charge in [-0.05, 0) is 17.7 Å². The number of hydrogen-bond acceptors (Lipinski definition) is 2. The largest absolute Gasteiger partial charge is 0.329 e. The average molecular weight is 258 g/mol. The van der Waals surface area contributed by atoms with E-state index in [0.717, 1.165) is 17.3 Å². The smallest absolute Gasteiger partial charge is 0.0951 e. The van der Waals surface area contributed by atoms with E-state index in [-0.39, 0.29) is 12.4 Å². The Bertz CT molecular complexity index is 437. The Kier molecular flexibility index (Phi) is 4.80. The summed E-state index contributed by atoms with van der Waals surface area (Å²) in [6.07, 6.45) is 3.58. The average Bonchev–Trinajstić information content (AvgIpc) is 2.69. The fourth-order valence-electron chi connectivity index (χ4n) is 1.45. The van der Waals surface area contributed by atoms with Gasteiger partial charge in [0.15, 0.2) is 0 Å². The molecule has 1 heterocycles. The molecule has 5 heteroatoms. The molecule has 3 nitrogen and oxygen atoms in total. The summed E-state index contributed by atoms with van der Waals surface area (Å²) in [6.45, 7) is 1.29. The molecule has 0 saturated heterocycles. The van der Waals surface area contributed by atoms with Crippen molar-refractivity contribution in [2.45, 2.75) is 13.1 Å². The molecule has 2 rings (SSSR count). The van der Waals surface area contributed by atoms with Gasteiger partial charge in [-0.15, -0.1) is 12.4 Å². The molecule has 16 heavy (non-hydrogen) atoms. The van der Waals surface area contributed by atoms with Gasteiger partial charge in [-0.25, -0.2) is 4.98 Å². The van der Waals surface area contributed by atoms with Crippen LogP contribution in [0.3, 0.4) is 0 Å². The van der Waals surface area contributed by atoms with Crippen molar-refractivity contribution in [2.24, 2.45) is 5.73 Å². The summed E-state index contributed by atoms with van der Waals surface area (Å²) in [5.41, 5.74) is 7.81. The normalized spacial score (nSPS) is 9.88. The number of benzene rings is 1. The second-order valence-electron chi connectivity index (χ2n) is 3.34. The molecule has 86 valence electrons. The van der Waals surface area contributed by atoms with E-state index < -0.39 is 0 Å². The van der Waals surface area contributed by atoms with Gasteiger partial charge in [0.25, 0.3) is 0 Å². The predicted molar refractivity (Wildman–Crippen MR) is 67.9 cm³/mol. The van der Waals surface area contributed by atoms with Gasteiger partial charge < -0.3 is 10.3 Å². The van der Waals surface area contributed by atoms with Crippen LogP contribution >= 0.6 is 24.0 Å². The van der Waals surface area contributed by atoms with E-state index in [1.165, 1.54) is 5.56 Å². The van der Waals surface area contributed by atoms with Crippen LogP contribution in [0.25, 0.3) is 0 Å². The Balaban J connectivity index is 0.00000128. The van der Waals surface area contributed by atoms with Crippen LogP contribution in [-0.2, 0) is 13.1 Å². The van der Waals surface area contributed by atoms with E-state index in [1.54, 1.807) is 12.5 Å². The Morgan fingerprint density at radius 2 is 1.94 bits per heavy atom. The summed E-state index contributed by atoms with van der Waals surface area (Å²) >= 11 is 5.81. The number of rotatable bonds is 3. The van der Waals surface area contributed by atoms with Crippen LogP contribution in [0.4, 0.5) is 0 Å². The quantitative estimate of drug-likeness (QED) is 0.919. The first-order valence-electron chi connectivity index (χ1n) is 4.73. The number of halogens is 2. The fraction of sp³-hybridized carbons (Fsp3) is 0.182. The third-order valence-electron chi connectivity index (χ3n) is 2.27. The highest BCUT2D eigenvalue weighted by Gasteiger charge is 2.00. The second-order valence-corrected chi connectivity index (χ2v) is 3.78. The van der Waals surface area contributed by atoms with E-state index in [0.29, 0.717) is 6.54 Å². The lowest BCUT2D eigenvalue weighted by atomic mass is 10.2. The molecule has 2 N–H and O–H groups in total. The molecule has 0 radical (unpaired) electrons. The lowest BCUT2D eigenvalue weighted by molar-refractivity contribution is 0.740. The summed E-state index contributed by atoms with van der Waals surface area (Å²) in [5.74, 6) is 0. The third-order valence-corrected chi connectivity index (χ3v) is 2.53. The molecule has 0 aliphatic carbocycles. The van der Waals surface area contributed by atoms with Crippen molar-refractivity contribution in [1.29, 1.82) is 0 Å². The van der Waals surface area contributed by atoms with Crippen molar-refractivity contribution in [3.63, 3.8) is 0 Å². The summed E-state index contributed by atoms with van der Waals surface area (Å²) in [4.78, 5) is 4.06. The minimum Gasteiger partial charge on any atom is -0.329 e. The maximum Gasteiger partial charge on any atom is 0.0951 e. The highest BCUT2D eigenvalue weighted by atomic mass is 35.5. The zero-order chi connectivity index (χ0) is 10.7. The van der Waals surface area contributed by atoms with Crippen molar-refractivity contribution in [3.05, 3.63) is 53.1 Å². The van der Waals surface area contributed by atoms with E-state index in [4.69, 9.17) is 17.3 Å². The predicted octanol–water partition coefficient (Wildman–Crippen LogP) is 2.47. The van der Waals surface area contributed by atoms with Crippen LogP contribution in [0, 0.1) is 0 Å². The Labute approximate surface area is 106 Å². The molecule has 1 aromatic carbocycles. The van der Waals surface area contributed by atoms with Crippen LogP contribution in [-0.4, -0.2) is 9.55 Å². The van der Waals surface area contributed by atoms with Gasteiger partial charge in [0.05, 0.1) is 12.0 Å². The molecule has 2 aromatic rings. The lowest BCUT2D eigenvalue weighted by Crippen LogP contribution is -2.07. The van der Waals surface area contributed by atoms with E-state index in [2.05, 4.69) is 4.98 Å². The number of nitrogens with two attached hydrogens (primary N) is 1. The summed E-state index contributed by atoms with van der Waals surface area (Å²) < 4.78 is 2.03. The molecule has 0 aliphatic rings. The summed E-state index contributed by atoms with van der Waals surface area (Å²) in [7, 11) is 0. The van der Waals surface area contributed by atoms with Crippen LogP contribution in [0.1, 0.15) is 11.3 Å². The molecule has 1 aromatic heterocycles. The van der Waals surface area contributed by atoms with Gasteiger partial charge in [0.1, 0.15) is 0 Å². The Morgan fingerprint density at radius 3 is 2.56 bits per heavy atom. The molecular formula is C11H13Cl2N3. The standard InChI is InChI=1S/C11H12ClN3.ClH/c12-10-3-1-9(2-4-10)7-15-8-14-6-11(15)5-13;/h1-4,6,8H,5,7,13H2;1H. The first-order valence-corrected chi connectivity index (χ1v) is 5.11. The minimum atomic E-state index is 0. The van der Waals surface area contributed by atoms with Crippen LogP contribution < -0.4 is 5.73 Å². The number of hydrogen-bond donors (Lipinski definition) is 1. The first kappa shape index (κ1) is 13.0. The number of imidazole rings is 1. The zero-order valence-corrected chi connectivity index (χ0v) is 10.2. The number of nitrogens with zero attached hydrogens (tertiary/aromatic N) is 2. The fourth-order valence-corrected chi connectivity index (χ4v) is 1.57. The highest BCUT2D eigenvalue weighted by molar-refractivity contribution is 6.30. The van der Waals surface area contributed by atoms with Crippen molar-refractivity contribution >= 4 is 24.0 Å². The zero-order valence-electron chi connectivity index (χ0n) is 8.64. The molecule has 0 atom stereocenters. The molecular weight excluding hydrogens is 245 g/mol. The van der Waals surface area contributed by atoms with Crippen molar-refractivity contribution in [2.75, 3.05) is 0 Å². The Morgan fingerprint density at radius 1 is 1.25 bits per heavy atom. The van der Waals surface area contributed by atoms with Crippen LogP contribution in [0.5, 0.6) is 0 Å². The molecule has 0 spiro atoms. The third kappa shape index (κ3) is 2.98. The molecule has 0 fully saturated rings. The summed E-state index contributed by atoms with van der Waals surface area (Å²) in [5, 5.41) is 0.753. The van der Waals surface area contributed by atoms with Gasteiger partial charge in [0.2, 0.25) is 0 Å². The molecule has 0 unspecified atom stereocenters. The van der Waals surface area contributed by atoms with E-state index >= 15 is 0 Å². The molecule has 0 aliphatic heterocycles. The van der Waals surface area contributed by atoms with E-state index in [9.17, 15) is 0 Å². The molecule has 0 amide bonds. The van der Waals surface area contributed by atoms with Crippen molar-refractivity contribution in [1.82, 2.24) is 9.55 Å². The van der Waals surface area contributed by atoms with Crippen LogP contribution in [0.15, 0.2) is 36.8 Å². The SMILES string of the molecule is Cl.NCc1cncn1Cc1ccc(Cl)cc1. The van der Waals surface area contributed by atoms with Crippen molar-refractivity contribution < 1.29 is 0 Å². The molecule has 0 bridgehead atoms. The summed E-state index contributed by atoms with van der Waals surface area (Å²) in [6, 6.07) is 7.77. The van der Waals surface area contributed by atoms with Crippen LogP contribution in [0.2, 0.25) is 5.02 Å². The van der Waals surface area contributed by atoms with Crippen molar-refractivity contribution in [3.8, 4) is 0 Å². The van der Waals surface area contributed by atoms with Gasteiger partial charge in [0, 0.05) is 24.3 Å². The highest BCUT2D eigenvalue weighted by Crippen LogP contribution is 2.11.